The SMILES string of the molecule is CNc1nc(OC2=C(F)C(F)=CCC2)n(Cc2ccc(Cl)cc2)c1C(=O)NCCCO. The highest BCUT2D eigenvalue weighted by atomic mass is 35.5. The summed E-state index contributed by atoms with van der Waals surface area (Å²) in [5.41, 5.74) is 0.959. The zero-order valence-electron chi connectivity index (χ0n) is 16.9. The van der Waals surface area contributed by atoms with Crippen molar-refractivity contribution in [3.8, 4) is 6.01 Å². The first kappa shape index (κ1) is 22.8. The van der Waals surface area contributed by atoms with Crippen LogP contribution in [0.5, 0.6) is 6.01 Å². The van der Waals surface area contributed by atoms with E-state index in [1.165, 1.54) is 4.57 Å². The zero-order valence-corrected chi connectivity index (χ0v) is 17.7. The van der Waals surface area contributed by atoms with Crippen LogP contribution in [0.2, 0.25) is 5.02 Å². The number of amides is 1. The van der Waals surface area contributed by atoms with Crippen molar-refractivity contribution in [2.75, 3.05) is 25.5 Å². The van der Waals surface area contributed by atoms with Gasteiger partial charge in [-0.25, -0.2) is 8.78 Å². The van der Waals surface area contributed by atoms with Crippen molar-refractivity contribution < 1.29 is 23.4 Å². The zero-order chi connectivity index (χ0) is 22.4. The van der Waals surface area contributed by atoms with Crippen LogP contribution in [0.4, 0.5) is 14.6 Å². The average molecular weight is 453 g/mol. The van der Waals surface area contributed by atoms with Crippen LogP contribution in [0.15, 0.2) is 47.8 Å². The Hall–Kier alpha value is -2.91. The normalized spacial score (nSPS) is 13.8. The lowest BCUT2D eigenvalue weighted by molar-refractivity contribution is 0.0942. The standard InChI is InChI=1S/C21H23ClF2N4O3/c1-25-19-18(20(30)26-10-3-11-29)28(12-13-6-8-14(22)9-7-13)21(27-19)31-16-5-2-4-15(23)17(16)24/h4,6-9,25,29H,2-3,5,10-12H2,1H3,(H,26,30). The predicted octanol–water partition coefficient (Wildman–Crippen LogP) is 3.95. The molecule has 0 bridgehead atoms. The Kier molecular flexibility index (Phi) is 7.64. The molecule has 0 saturated heterocycles. The second-order valence-corrected chi connectivity index (χ2v) is 7.25. The first-order valence-electron chi connectivity index (χ1n) is 9.79. The molecule has 1 aliphatic carbocycles. The van der Waals surface area contributed by atoms with Gasteiger partial charge in [0.1, 0.15) is 5.76 Å². The number of ether oxygens (including phenoxy) is 1. The van der Waals surface area contributed by atoms with Gasteiger partial charge in [0, 0.05) is 31.6 Å². The van der Waals surface area contributed by atoms with Crippen LogP contribution in [0.3, 0.4) is 0 Å². The molecule has 1 aromatic carbocycles. The van der Waals surface area contributed by atoms with Crippen LogP contribution in [0.1, 0.15) is 35.3 Å². The van der Waals surface area contributed by atoms with Gasteiger partial charge in [-0.1, -0.05) is 23.7 Å². The highest BCUT2D eigenvalue weighted by Gasteiger charge is 2.26. The number of carbonyl (C=O) groups excluding carboxylic acids is 1. The van der Waals surface area contributed by atoms with Crippen molar-refractivity contribution in [1.29, 1.82) is 0 Å². The van der Waals surface area contributed by atoms with Crippen molar-refractivity contribution in [3.63, 3.8) is 0 Å². The number of rotatable bonds is 9. The fourth-order valence-corrected chi connectivity index (χ4v) is 3.19. The topological polar surface area (TPSA) is 88.4 Å². The van der Waals surface area contributed by atoms with Crippen LogP contribution in [0, 0.1) is 0 Å². The lowest BCUT2D eigenvalue weighted by Crippen LogP contribution is -2.28. The van der Waals surface area contributed by atoms with E-state index < -0.39 is 17.6 Å². The first-order chi connectivity index (χ1) is 14.9. The molecule has 3 N–H and O–H groups in total. The van der Waals surface area contributed by atoms with Crippen LogP contribution in [-0.2, 0) is 6.54 Å². The minimum absolute atomic E-state index is 0.0496. The van der Waals surface area contributed by atoms with Gasteiger partial charge in [0.25, 0.3) is 5.91 Å². The molecule has 0 saturated carbocycles. The molecule has 166 valence electrons. The van der Waals surface area contributed by atoms with Gasteiger partial charge >= 0.3 is 6.01 Å². The number of halogens is 3. The summed E-state index contributed by atoms with van der Waals surface area (Å²) < 4.78 is 35.0. The van der Waals surface area contributed by atoms with Crippen LogP contribution in [0.25, 0.3) is 0 Å². The van der Waals surface area contributed by atoms with E-state index in [4.69, 9.17) is 21.4 Å². The van der Waals surface area contributed by atoms with Gasteiger partial charge in [0.05, 0.1) is 6.54 Å². The summed E-state index contributed by atoms with van der Waals surface area (Å²) in [6.07, 6.45) is 2.00. The third kappa shape index (κ3) is 5.42. The van der Waals surface area contributed by atoms with Crippen molar-refractivity contribution in [3.05, 3.63) is 64.0 Å². The maximum absolute atomic E-state index is 14.2. The van der Waals surface area contributed by atoms with Gasteiger partial charge in [0.2, 0.25) is 0 Å². The minimum Gasteiger partial charge on any atom is -0.427 e. The molecule has 10 heteroatoms. The largest absolute Gasteiger partial charge is 0.427 e. The molecule has 0 spiro atoms. The number of carbonyl (C=O) groups is 1. The lowest BCUT2D eigenvalue weighted by atomic mass is 10.1. The van der Waals surface area contributed by atoms with E-state index in [0.717, 1.165) is 11.6 Å². The van der Waals surface area contributed by atoms with E-state index in [9.17, 15) is 13.6 Å². The Balaban J connectivity index is 2.02. The number of nitrogens with one attached hydrogen (secondary N) is 2. The summed E-state index contributed by atoms with van der Waals surface area (Å²) >= 11 is 5.96. The molecule has 0 aliphatic heterocycles. The van der Waals surface area contributed by atoms with Gasteiger partial charge in [-0.15, -0.1) is 0 Å². The van der Waals surface area contributed by atoms with E-state index in [2.05, 4.69) is 15.6 Å². The maximum Gasteiger partial charge on any atom is 0.304 e. The van der Waals surface area contributed by atoms with E-state index in [1.807, 2.05) is 0 Å². The Bertz CT molecular complexity index is 1000. The minimum atomic E-state index is -1.08. The number of aliphatic hydroxyl groups excluding tert-OH is 1. The van der Waals surface area contributed by atoms with Crippen molar-refractivity contribution in [1.82, 2.24) is 14.9 Å². The molecule has 2 aromatic rings. The fraction of sp³-hybridized carbons (Fsp3) is 0.333. The molecule has 1 aromatic heterocycles. The average Bonchev–Trinajstić information content (AvgIpc) is 3.10. The molecule has 1 heterocycles. The Morgan fingerprint density at radius 1 is 1.32 bits per heavy atom. The Morgan fingerprint density at radius 3 is 2.74 bits per heavy atom. The molecular formula is C21H23ClF2N4O3. The summed E-state index contributed by atoms with van der Waals surface area (Å²) in [5, 5.41) is 15.1. The summed E-state index contributed by atoms with van der Waals surface area (Å²) in [7, 11) is 1.59. The number of hydrogen-bond donors (Lipinski definition) is 3. The highest BCUT2D eigenvalue weighted by Crippen LogP contribution is 2.31. The summed E-state index contributed by atoms with van der Waals surface area (Å²) in [6, 6.07) is 6.92. The van der Waals surface area contributed by atoms with Crippen LogP contribution < -0.4 is 15.4 Å². The molecule has 1 aliphatic rings. The van der Waals surface area contributed by atoms with Crippen LogP contribution >= 0.6 is 11.6 Å². The van der Waals surface area contributed by atoms with Crippen molar-refractivity contribution in [2.45, 2.75) is 25.8 Å². The molecule has 7 nitrogen and oxygen atoms in total. The third-order valence-electron chi connectivity index (χ3n) is 4.62. The molecule has 0 unspecified atom stereocenters. The van der Waals surface area contributed by atoms with E-state index in [0.29, 0.717) is 17.9 Å². The van der Waals surface area contributed by atoms with E-state index in [-0.39, 0.29) is 49.4 Å². The summed E-state index contributed by atoms with van der Waals surface area (Å²) in [6.45, 7) is 0.373. The molecule has 0 fully saturated rings. The predicted molar refractivity (Wildman–Crippen MR) is 114 cm³/mol. The number of hydrogen-bond acceptors (Lipinski definition) is 5. The Labute approximate surface area is 183 Å². The van der Waals surface area contributed by atoms with Crippen LogP contribution in [-0.4, -0.2) is 40.8 Å². The first-order valence-corrected chi connectivity index (χ1v) is 10.2. The van der Waals surface area contributed by atoms with E-state index in [1.54, 1.807) is 31.3 Å². The fourth-order valence-electron chi connectivity index (χ4n) is 3.07. The number of aliphatic hydroxyl groups is 1. The third-order valence-corrected chi connectivity index (χ3v) is 4.87. The number of anilines is 1. The lowest BCUT2D eigenvalue weighted by Gasteiger charge is -2.16. The van der Waals surface area contributed by atoms with Crippen molar-refractivity contribution >= 4 is 23.3 Å². The molecule has 0 atom stereocenters. The number of aromatic nitrogens is 2. The van der Waals surface area contributed by atoms with E-state index >= 15 is 0 Å². The smallest absolute Gasteiger partial charge is 0.304 e. The number of benzene rings is 1. The maximum atomic E-state index is 14.2. The quantitative estimate of drug-likeness (QED) is 0.501. The second-order valence-electron chi connectivity index (χ2n) is 6.82. The van der Waals surface area contributed by atoms with Gasteiger partial charge in [-0.05, 0) is 36.6 Å². The van der Waals surface area contributed by atoms with Crippen molar-refractivity contribution in [2.24, 2.45) is 0 Å². The molecule has 1 amide bonds. The summed E-state index contributed by atoms with van der Waals surface area (Å²) in [4.78, 5) is 17.2. The number of imidazole rings is 1. The Morgan fingerprint density at radius 2 is 2.06 bits per heavy atom. The highest BCUT2D eigenvalue weighted by molar-refractivity contribution is 6.30. The molecule has 31 heavy (non-hydrogen) atoms. The van der Waals surface area contributed by atoms with Gasteiger partial charge < -0.3 is 20.5 Å². The number of nitrogens with zero attached hydrogens (tertiary/aromatic N) is 2. The van der Waals surface area contributed by atoms with Gasteiger partial charge in [0.15, 0.2) is 23.2 Å². The van der Waals surface area contributed by atoms with Gasteiger partial charge in [-0.3, -0.25) is 9.36 Å². The summed E-state index contributed by atoms with van der Waals surface area (Å²) in [5.74, 6) is -2.46. The molecular weight excluding hydrogens is 430 g/mol. The van der Waals surface area contributed by atoms with Gasteiger partial charge in [-0.2, -0.15) is 4.98 Å². The monoisotopic (exact) mass is 452 g/mol. The number of allylic oxidation sites excluding steroid dienone is 4. The molecule has 0 radical (unpaired) electrons. The molecule has 3 rings (SSSR count). The second kappa shape index (κ2) is 10.4.